The molecule has 0 heterocycles. The van der Waals surface area contributed by atoms with Gasteiger partial charge in [-0.1, -0.05) is 54.4 Å². The Morgan fingerprint density at radius 3 is 2.28 bits per heavy atom. The minimum Gasteiger partial charge on any atom is -0.374 e. The highest BCUT2D eigenvalue weighted by Gasteiger charge is 2.25. The van der Waals surface area contributed by atoms with Crippen LogP contribution in [0.4, 0.5) is 5.69 Å². The average molecular weight is 312 g/mol. The van der Waals surface area contributed by atoms with Gasteiger partial charge in [0.15, 0.2) is 0 Å². The molecule has 0 aliphatic rings. The highest BCUT2D eigenvalue weighted by Crippen LogP contribution is 2.30. The summed E-state index contributed by atoms with van der Waals surface area (Å²) in [7, 11) is 2.19. The molecule has 0 N–H and O–H groups in total. The molecule has 0 aliphatic carbocycles. The van der Waals surface area contributed by atoms with Crippen LogP contribution in [0.2, 0.25) is 0 Å². The molecule has 0 spiro atoms. The van der Waals surface area contributed by atoms with Gasteiger partial charge in [-0.25, -0.2) is 0 Å². The van der Waals surface area contributed by atoms with Gasteiger partial charge in [0, 0.05) is 24.6 Å². The lowest BCUT2D eigenvalue weighted by Crippen LogP contribution is -2.34. The van der Waals surface area contributed by atoms with E-state index in [1.807, 2.05) is 0 Å². The van der Waals surface area contributed by atoms with E-state index in [1.165, 1.54) is 16.8 Å². The largest absolute Gasteiger partial charge is 0.374 e. The molecule has 18 heavy (non-hydrogen) atoms. The molecule has 0 radical (unpaired) electrons. The molecule has 0 saturated carbocycles. The molecule has 1 nitrogen and oxygen atoms in total. The molecular formula is C16H26BrN. The summed E-state index contributed by atoms with van der Waals surface area (Å²) in [5.74, 6) is 0.642. The standard InChI is InChI=1S/C16H26BrN/c1-12-7-8-15(13(2)9-12)18(6)11-14(10-17)16(3,4)5/h7-9,14H,10-11H2,1-6H3. The van der Waals surface area contributed by atoms with Gasteiger partial charge in [-0.3, -0.25) is 0 Å². The first-order valence-corrected chi connectivity index (χ1v) is 7.72. The van der Waals surface area contributed by atoms with E-state index in [2.05, 4.69) is 80.7 Å². The van der Waals surface area contributed by atoms with Crippen LogP contribution in [-0.2, 0) is 0 Å². The zero-order chi connectivity index (χ0) is 13.9. The van der Waals surface area contributed by atoms with E-state index in [9.17, 15) is 0 Å². The molecule has 1 aromatic carbocycles. The Hall–Kier alpha value is -0.500. The van der Waals surface area contributed by atoms with E-state index in [1.54, 1.807) is 0 Å². The molecular weight excluding hydrogens is 286 g/mol. The number of benzene rings is 1. The molecule has 1 atom stereocenters. The van der Waals surface area contributed by atoms with Gasteiger partial charge in [-0.2, -0.15) is 0 Å². The van der Waals surface area contributed by atoms with Crippen molar-refractivity contribution < 1.29 is 0 Å². The van der Waals surface area contributed by atoms with E-state index in [0.717, 1.165) is 11.9 Å². The van der Waals surface area contributed by atoms with Crippen molar-refractivity contribution in [2.45, 2.75) is 34.6 Å². The van der Waals surface area contributed by atoms with Crippen LogP contribution in [0.1, 0.15) is 31.9 Å². The van der Waals surface area contributed by atoms with Crippen molar-refractivity contribution in [1.29, 1.82) is 0 Å². The maximum absolute atomic E-state index is 3.66. The first-order chi connectivity index (χ1) is 8.25. The molecule has 1 aromatic rings. The third-order valence-corrected chi connectivity index (χ3v) is 4.45. The van der Waals surface area contributed by atoms with Crippen molar-refractivity contribution in [3.8, 4) is 0 Å². The van der Waals surface area contributed by atoms with Gasteiger partial charge in [0.05, 0.1) is 0 Å². The summed E-state index contributed by atoms with van der Waals surface area (Å²) in [5, 5.41) is 1.05. The van der Waals surface area contributed by atoms with Crippen molar-refractivity contribution in [3.05, 3.63) is 29.3 Å². The van der Waals surface area contributed by atoms with E-state index in [-0.39, 0.29) is 0 Å². The van der Waals surface area contributed by atoms with E-state index in [4.69, 9.17) is 0 Å². The number of hydrogen-bond donors (Lipinski definition) is 0. The first-order valence-electron chi connectivity index (χ1n) is 6.60. The summed E-state index contributed by atoms with van der Waals surface area (Å²) in [5.41, 5.74) is 4.36. The number of rotatable bonds is 4. The first kappa shape index (κ1) is 15.6. The van der Waals surface area contributed by atoms with E-state index in [0.29, 0.717) is 11.3 Å². The van der Waals surface area contributed by atoms with Gasteiger partial charge in [0.2, 0.25) is 0 Å². The lowest BCUT2D eigenvalue weighted by atomic mass is 9.81. The zero-order valence-corrected chi connectivity index (χ0v) is 14.1. The summed E-state index contributed by atoms with van der Waals surface area (Å²) < 4.78 is 0. The summed E-state index contributed by atoms with van der Waals surface area (Å²) in [4.78, 5) is 2.38. The summed E-state index contributed by atoms with van der Waals surface area (Å²) in [6.45, 7) is 12.4. The topological polar surface area (TPSA) is 3.24 Å². The van der Waals surface area contributed by atoms with Gasteiger partial charge in [-0.15, -0.1) is 0 Å². The molecule has 2 heteroatoms. The van der Waals surface area contributed by atoms with E-state index >= 15 is 0 Å². The maximum Gasteiger partial charge on any atom is 0.0393 e. The van der Waals surface area contributed by atoms with Gasteiger partial charge >= 0.3 is 0 Å². The Labute approximate surface area is 121 Å². The number of aryl methyl sites for hydroxylation is 2. The zero-order valence-electron chi connectivity index (χ0n) is 12.5. The highest BCUT2D eigenvalue weighted by molar-refractivity contribution is 9.09. The quantitative estimate of drug-likeness (QED) is 0.722. The smallest absolute Gasteiger partial charge is 0.0393 e. The second kappa shape index (κ2) is 6.10. The molecule has 0 aromatic heterocycles. The fourth-order valence-electron chi connectivity index (χ4n) is 2.22. The summed E-state index contributed by atoms with van der Waals surface area (Å²) in [6.07, 6.45) is 0. The van der Waals surface area contributed by atoms with Crippen molar-refractivity contribution in [3.63, 3.8) is 0 Å². The number of halogens is 1. The minimum atomic E-state index is 0.330. The van der Waals surface area contributed by atoms with Crippen molar-refractivity contribution in [2.75, 3.05) is 23.8 Å². The van der Waals surface area contributed by atoms with E-state index < -0.39 is 0 Å². The minimum absolute atomic E-state index is 0.330. The van der Waals surface area contributed by atoms with Crippen LogP contribution >= 0.6 is 15.9 Å². The number of hydrogen-bond acceptors (Lipinski definition) is 1. The van der Waals surface area contributed by atoms with Crippen molar-refractivity contribution in [1.82, 2.24) is 0 Å². The molecule has 0 bridgehead atoms. The van der Waals surface area contributed by atoms with Gasteiger partial charge in [0.25, 0.3) is 0 Å². The molecule has 0 saturated heterocycles. The fourth-order valence-corrected chi connectivity index (χ4v) is 3.39. The lowest BCUT2D eigenvalue weighted by Gasteiger charge is -2.34. The van der Waals surface area contributed by atoms with Gasteiger partial charge in [-0.05, 0) is 36.8 Å². The van der Waals surface area contributed by atoms with Crippen molar-refractivity contribution in [2.24, 2.45) is 11.3 Å². The van der Waals surface area contributed by atoms with Crippen LogP contribution in [-0.4, -0.2) is 18.9 Å². The molecule has 0 amide bonds. The number of nitrogens with zero attached hydrogens (tertiary/aromatic N) is 1. The number of alkyl halides is 1. The number of anilines is 1. The van der Waals surface area contributed by atoms with Gasteiger partial charge < -0.3 is 4.90 Å². The molecule has 102 valence electrons. The fraction of sp³-hybridized carbons (Fsp3) is 0.625. The Bertz CT molecular complexity index is 393. The second-order valence-electron chi connectivity index (χ2n) is 6.39. The Kier molecular flexibility index (Phi) is 5.27. The Balaban J connectivity index is 2.84. The normalized spacial score (nSPS) is 13.5. The molecule has 0 aliphatic heterocycles. The lowest BCUT2D eigenvalue weighted by molar-refractivity contribution is 0.273. The van der Waals surface area contributed by atoms with Crippen LogP contribution in [0, 0.1) is 25.2 Å². The monoisotopic (exact) mass is 311 g/mol. The summed E-state index contributed by atoms with van der Waals surface area (Å²) >= 11 is 3.66. The molecule has 1 rings (SSSR count). The predicted octanol–water partition coefficient (Wildman–Crippen LogP) is 4.80. The van der Waals surface area contributed by atoms with Crippen LogP contribution in [0.25, 0.3) is 0 Å². The second-order valence-corrected chi connectivity index (χ2v) is 7.04. The third kappa shape index (κ3) is 4.01. The molecule has 1 unspecified atom stereocenters. The van der Waals surface area contributed by atoms with Crippen LogP contribution in [0.15, 0.2) is 18.2 Å². The van der Waals surface area contributed by atoms with Crippen molar-refractivity contribution >= 4 is 21.6 Å². The maximum atomic E-state index is 3.66. The average Bonchev–Trinajstić information content (AvgIpc) is 2.23. The predicted molar refractivity (Wildman–Crippen MR) is 85.9 cm³/mol. The van der Waals surface area contributed by atoms with Crippen LogP contribution in [0.3, 0.4) is 0 Å². The Morgan fingerprint density at radius 1 is 1.22 bits per heavy atom. The molecule has 0 fully saturated rings. The highest BCUT2D eigenvalue weighted by atomic mass is 79.9. The van der Waals surface area contributed by atoms with Crippen LogP contribution in [0.5, 0.6) is 0 Å². The summed E-state index contributed by atoms with van der Waals surface area (Å²) in [6, 6.07) is 6.68. The third-order valence-electron chi connectivity index (χ3n) is 3.67. The Morgan fingerprint density at radius 2 is 1.83 bits per heavy atom. The van der Waals surface area contributed by atoms with Gasteiger partial charge in [0.1, 0.15) is 0 Å². The van der Waals surface area contributed by atoms with Crippen LogP contribution < -0.4 is 4.90 Å². The SMILES string of the molecule is Cc1ccc(N(C)CC(CBr)C(C)(C)C)c(C)c1.